The molecule has 14 heavy (non-hydrogen) atoms. The topological polar surface area (TPSA) is 20.2 Å². The summed E-state index contributed by atoms with van der Waals surface area (Å²) in [5.74, 6) is 0.521. The van der Waals surface area contributed by atoms with E-state index in [1.165, 1.54) is 0 Å². The summed E-state index contributed by atoms with van der Waals surface area (Å²) in [6.07, 6.45) is 1.19. The average molecular weight is 213 g/mol. The first-order chi connectivity index (χ1) is 6.59. The fraction of sp³-hybridized carbons (Fsp3) is 0.500. The van der Waals surface area contributed by atoms with Crippen LogP contribution in [0.25, 0.3) is 0 Å². The molecule has 0 saturated carbocycles. The van der Waals surface area contributed by atoms with E-state index in [1.807, 2.05) is 24.3 Å². The zero-order chi connectivity index (χ0) is 10.6. The second-order valence-corrected chi connectivity index (χ2v) is 4.49. The molecule has 0 aromatic heterocycles. The lowest BCUT2D eigenvalue weighted by atomic mass is 10.00. The van der Waals surface area contributed by atoms with E-state index in [0.29, 0.717) is 12.3 Å². The monoisotopic (exact) mass is 212 g/mol. The zero-order valence-electron chi connectivity index (χ0n) is 8.70. The van der Waals surface area contributed by atoms with Gasteiger partial charge in [0.2, 0.25) is 0 Å². The van der Waals surface area contributed by atoms with Crippen LogP contribution in [0.2, 0.25) is 5.02 Å². The number of hydrogen-bond donors (Lipinski definition) is 1. The van der Waals surface area contributed by atoms with Crippen molar-refractivity contribution in [3.63, 3.8) is 0 Å². The molecule has 0 amide bonds. The minimum absolute atomic E-state index is 0.283. The lowest BCUT2D eigenvalue weighted by Crippen LogP contribution is -2.13. The number of benzene rings is 1. The standard InChI is InChI=1S/C12H17ClO/c1-9(2)7-11(14)8-10-5-3-4-6-12(10)13/h3-6,9,11,14H,7-8H2,1-2H3. The van der Waals surface area contributed by atoms with Crippen LogP contribution in [0.15, 0.2) is 24.3 Å². The van der Waals surface area contributed by atoms with Gasteiger partial charge in [-0.1, -0.05) is 43.6 Å². The fourth-order valence-electron chi connectivity index (χ4n) is 1.55. The van der Waals surface area contributed by atoms with Gasteiger partial charge in [0.25, 0.3) is 0 Å². The van der Waals surface area contributed by atoms with E-state index in [0.717, 1.165) is 17.0 Å². The molecule has 0 saturated heterocycles. The molecular weight excluding hydrogens is 196 g/mol. The van der Waals surface area contributed by atoms with Crippen LogP contribution in [-0.2, 0) is 6.42 Å². The average Bonchev–Trinajstić information content (AvgIpc) is 2.07. The van der Waals surface area contributed by atoms with Crippen molar-refractivity contribution < 1.29 is 5.11 Å². The third-order valence-corrected chi connectivity index (χ3v) is 2.53. The van der Waals surface area contributed by atoms with Gasteiger partial charge in [0.05, 0.1) is 6.10 Å². The molecule has 1 nitrogen and oxygen atoms in total. The molecule has 0 heterocycles. The van der Waals surface area contributed by atoms with Gasteiger partial charge in [0, 0.05) is 5.02 Å². The van der Waals surface area contributed by atoms with E-state index >= 15 is 0 Å². The molecule has 0 radical (unpaired) electrons. The third-order valence-electron chi connectivity index (χ3n) is 2.16. The van der Waals surface area contributed by atoms with Gasteiger partial charge in [0.15, 0.2) is 0 Å². The predicted molar refractivity (Wildman–Crippen MR) is 60.6 cm³/mol. The molecule has 1 N–H and O–H groups in total. The Kier molecular flexibility index (Phi) is 4.43. The molecule has 78 valence electrons. The van der Waals surface area contributed by atoms with Crippen molar-refractivity contribution in [1.82, 2.24) is 0 Å². The Balaban J connectivity index is 2.56. The molecule has 1 aromatic rings. The molecular formula is C12H17ClO. The highest BCUT2D eigenvalue weighted by molar-refractivity contribution is 6.31. The van der Waals surface area contributed by atoms with Crippen LogP contribution in [0.1, 0.15) is 25.8 Å². The second-order valence-electron chi connectivity index (χ2n) is 4.08. The Morgan fingerprint density at radius 3 is 2.50 bits per heavy atom. The largest absolute Gasteiger partial charge is 0.393 e. The van der Waals surface area contributed by atoms with Crippen molar-refractivity contribution in [1.29, 1.82) is 0 Å². The van der Waals surface area contributed by atoms with Crippen molar-refractivity contribution in [3.05, 3.63) is 34.9 Å². The van der Waals surface area contributed by atoms with Crippen LogP contribution in [-0.4, -0.2) is 11.2 Å². The summed E-state index contributed by atoms with van der Waals surface area (Å²) in [6, 6.07) is 7.68. The fourth-order valence-corrected chi connectivity index (χ4v) is 1.76. The normalized spacial score (nSPS) is 13.2. The van der Waals surface area contributed by atoms with Crippen LogP contribution >= 0.6 is 11.6 Å². The summed E-state index contributed by atoms with van der Waals surface area (Å²) >= 11 is 5.99. The molecule has 0 spiro atoms. The van der Waals surface area contributed by atoms with Crippen molar-refractivity contribution in [3.8, 4) is 0 Å². The summed E-state index contributed by atoms with van der Waals surface area (Å²) < 4.78 is 0. The minimum Gasteiger partial charge on any atom is -0.393 e. The smallest absolute Gasteiger partial charge is 0.0583 e. The Hall–Kier alpha value is -0.530. The summed E-state index contributed by atoms with van der Waals surface area (Å²) in [7, 11) is 0. The quantitative estimate of drug-likeness (QED) is 0.812. The number of aliphatic hydroxyl groups is 1. The van der Waals surface area contributed by atoms with E-state index in [-0.39, 0.29) is 6.10 Å². The first-order valence-corrected chi connectivity index (χ1v) is 5.39. The van der Waals surface area contributed by atoms with Gasteiger partial charge in [-0.15, -0.1) is 0 Å². The molecule has 1 rings (SSSR count). The maximum absolute atomic E-state index is 9.74. The second kappa shape index (κ2) is 5.38. The van der Waals surface area contributed by atoms with Crippen molar-refractivity contribution in [2.45, 2.75) is 32.8 Å². The number of halogens is 1. The number of aliphatic hydroxyl groups excluding tert-OH is 1. The van der Waals surface area contributed by atoms with Gasteiger partial charge in [-0.3, -0.25) is 0 Å². The number of rotatable bonds is 4. The van der Waals surface area contributed by atoms with Gasteiger partial charge in [0.1, 0.15) is 0 Å². The highest BCUT2D eigenvalue weighted by Crippen LogP contribution is 2.18. The van der Waals surface area contributed by atoms with Crippen LogP contribution in [0.5, 0.6) is 0 Å². The number of hydrogen-bond acceptors (Lipinski definition) is 1. The van der Waals surface area contributed by atoms with E-state index in [2.05, 4.69) is 13.8 Å². The van der Waals surface area contributed by atoms with Crippen LogP contribution in [0, 0.1) is 5.92 Å². The Bertz CT molecular complexity index is 283. The summed E-state index contributed by atoms with van der Waals surface area (Å²) in [5.41, 5.74) is 1.03. The molecule has 0 aliphatic rings. The molecule has 1 atom stereocenters. The van der Waals surface area contributed by atoms with Crippen molar-refractivity contribution in [2.24, 2.45) is 5.92 Å². The molecule has 0 aliphatic carbocycles. The Morgan fingerprint density at radius 1 is 1.29 bits per heavy atom. The summed E-state index contributed by atoms with van der Waals surface area (Å²) in [5, 5.41) is 10.5. The molecule has 2 heteroatoms. The molecule has 0 aliphatic heterocycles. The predicted octanol–water partition coefficient (Wildman–Crippen LogP) is 3.29. The minimum atomic E-state index is -0.283. The Morgan fingerprint density at radius 2 is 1.93 bits per heavy atom. The Labute approximate surface area is 90.7 Å². The highest BCUT2D eigenvalue weighted by atomic mass is 35.5. The summed E-state index contributed by atoms with van der Waals surface area (Å²) in [6.45, 7) is 4.21. The third kappa shape index (κ3) is 3.69. The van der Waals surface area contributed by atoms with E-state index in [1.54, 1.807) is 0 Å². The zero-order valence-corrected chi connectivity index (χ0v) is 9.46. The van der Waals surface area contributed by atoms with E-state index in [4.69, 9.17) is 11.6 Å². The van der Waals surface area contributed by atoms with Gasteiger partial charge < -0.3 is 5.11 Å². The van der Waals surface area contributed by atoms with Crippen LogP contribution in [0.3, 0.4) is 0 Å². The first-order valence-electron chi connectivity index (χ1n) is 5.01. The SMILES string of the molecule is CC(C)CC(O)Cc1ccccc1Cl. The summed E-state index contributed by atoms with van der Waals surface area (Å²) in [4.78, 5) is 0. The van der Waals surface area contributed by atoms with Crippen molar-refractivity contribution in [2.75, 3.05) is 0 Å². The van der Waals surface area contributed by atoms with Gasteiger partial charge in [-0.2, -0.15) is 0 Å². The molecule has 1 unspecified atom stereocenters. The highest BCUT2D eigenvalue weighted by Gasteiger charge is 2.09. The van der Waals surface area contributed by atoms with Gasteiger partial charge in [-0.25, -0.2) is 0 Å². The molecule has 0 bridgehead atoms. The lowest BCUT2D eigenvalue weighted by Gasteiger charge is -2.13. The van der Waals surface area contributed by atoms with Crippen molar-refractivity contribution >= 4 is 11.6 Å². The van der Waals surface area contributed by atoms with Crippen LogP contribution < -0.4 is 0 Å². The maximum Gasteiger partial charge on any atom is 0.0583 e. The first kappa shape index (κ1) is 11.5. The molecule has 1 aromatic carbocycles. The molecule has 0 fully saturated rings. The maximum atomic E-state index is 9.74. The lowest BCUT2D eigenvalue weighted by molar-refractivity contribution is 0.149. The van der Waals surface area contributed by atoms with Gasteiger partial charge in [-0.05, 0) is 30.4 Å². The van der Waals surface area contributed by atoms with Crippen LogP contribution in [0.4, 0.5) is 0 Å². The van der Waals surface area contributed by atoms with Gasteiger partial charge >= 0.3 is 0 Å². The van der Waals surface area contributed by atoms with E-state index in [9.17, 15) is 5.11 Å². The van der Waals surface area contributed by atoms with E-state index < -0.39 is 0 Å².